The Morgan fingerprint density at radius 1 is 1.27 bits per heavy atom. The molecule has 1 fully saturated rings. The van der Waals surface area contributed by atoms with E-state index >= 15 is 0 Å². The summed E-state index contributed by atoms with van der Waals surface area (Å²) in [5, 5.41) is 2.68. The van der Waals surface area contributed by atoms with E-state index in [9.17, 15) is 18.0 Å². The molecule has 1 aromatic carbocycles. The second-order valence-electron chi connectivity index (χ2n) is 6.95. The van der Waals surface area contributed by atoms with Gasteiger partial charge >= 0.3 is 0 Å². The van der Waals surface area contributed by atoms with Crippen molar-refractivity contribution < 1.29 is 18.0 Å². The van der Waals surface area contributed by atoms with Crippen LogP contribution >= 0.6 is 0 Å². The van der Waals surface area contributed by atoms with E-state index in [4.69, 9.17) is 0 Å². The number of sulfonamides is 1. The molecule has 2 amide bonds. The van der Waals surface area contributed by atoms with Gasteiger partial charge in [0.1, 0.15) is 0 Å². The highest BCUT2D eigenvalue weighted by molar-refractivity contribution is 7.89. The molecule has 142 valence electrons. The van der Waals surface area contributed by atoms with Crippen LogP contribution in [0, 0.1) is 0 Å². The van der Waals surface area contributed by atoms with Gasteiger partial charge in [-0.25, -0.2) is 13.1 Å². The van der Waals surface area contributed by atoms with Gasteiger partial charge in [0.2, 0.25) is 21.8 Å². The molecule has 3 rings (SSSR count). The van der Waals surface area contributed by atoms with Gasteiger partial charge in [0.15, 0.2) is 0 Å². The highest BCUT2D eigenvalue weighted by Gasteiger charge is 2.25. The summed E-state index contributed by atoms with van der Waals surface area (Å²) in [6, 6.07) is 4.83. The largest absolute Gasteiger partial charge is 0.339 e. The summed E-state index contributed by atoms with van der Waals surface area (Å²) in [6.07, 6.45) is 5.59. The van der Waals surface area contributed by atoms with Gasteiger partial charge in [-0.2, -0.15) is 0 Å². The quantitative estimate of drug-likeness (QED) is 0.785. The van der Waals surface area contributed by atoms with Gasteiger partial charge in [-0.1, -0.05) is 19.3 Å². The molecule has 2 N–H and O–H groups in total. The van der Waals surface area contributed by atoms with E-state index in [1.807, 2.05) is 0 Å². The standard InChI is InChI=1S/C18H25N3O4S/c1-13(22)21(15-5-3-2-4-6-15)10-9-19-26(24,25)16-7-8-17-14(11-16)12-18(23)20-17/h7-8,11,15,19H,2-6,9-10,12H2,1H3,(H,20,23). The maximum atomic E-state index is 12.5. The van der Waals surface area contributed by atoms with Crippen molar-refractivity contribution in [2.75, 3.05) is 18.4 Å². The van der Waals surface area contributed by atoms with Gasteiger partial charge in [-0.05, 0) is 36.6 Å². The fourth-order valence-corrected chi connectivity index (χ4v) is 4.82. The number of nitrogens with one attached hydrogen (secondary N) is 2. The number of hydrogen-bond acceptors (Lipinski definition) is 4. The van der Waals surface area contributed by atoms with E-state index in [0.717, 1.165) is 25.7 Å². The van der Waals surface area contributed by atoms with Crippen molar-refractivity contribution in [3.05, 3.63) is 23.8 Å². The number of benzene rings is 1. The van der Waals surface area contributed by atoms with Crippen LogP contribution < -0.4 is 10.0 Å². The van der Waals surface area contributed by atoms with Gasteiger partial charge in [0.25, 0.3) is 0 Å². The highest BCUT2D eigenvalue weighted by atomic mass is 32.2. The van der Waals surface area contributed by atoms with Gasteiger partial charge in [0, 0.05) is 31.7 Å². The van der Waals surface area contributed by atoms with Crippen molar-refractivity contribution >= 4 is 27.5 Å². The number of rotatable bonds is 6. The van der Waals surface area contributed by atoms with Gasteiger partial charge in [-0.3, -0.25) is 9.59 Å². The predicted octanol–water partition coefficient (Wildman–Crippen LogP) is 1.64. The summed E-state index contributed by atoms with van der Waals surface area (Å²) in [4.78, 5) is 25.3. The minimum Gasteiger partial charge on any atom is -0.339 e. The Hall–Kier alpha value is -1.93. The van der Waals surface area contributed by atoms with Gasteiger partial charge in [0.05, 0.1) is 11.3 Å². The molecule has 0 saturated heterocycles. The van der Waals surface area contributed by atoms with Crippen LogP contribution in [0.15, 0.2) is 23.1 Å². The molecule has 1 aliphatic carbocycles. The van der Waals surface area contributed by atoms with Crippen LogP contribution in [0.5, 0.6) is 0 Å². The van der Waals surface area contributed by atoms with Crippen molar-refractivity contribution in [2.24, 2.45) is 0 Å². The maximum absolute atomic E-state index is 12.5. The molecule has 1 aliphatic heterocycles. The first-order valence-corrected chi connectivity index (χ1v) is 10.5. The molecule has 0 aromatic heterocycles. The Kier molecular flexibility index (Phi) is 5.62. The van der Waals surface area contributed by atoms with Crippen LogP contribution in [-0.4, -0.2) is 44.3 Å². The number of carbonyl (C=O) groups excluding carboxylic acids is 2. The average molecular weight is 379 g/mol. The number of fused-ring (bicyclic) bond motifs is 1. The first kappa shape index (κ1) is 18.8. The number of amides is 2. The van der Waals surface area contributed by atoms with Crippen LogP contribution in [-0.2, 0) is 26.0 Å². The van der Waals surface area contributed by atoms with E-state index < -0.39 is 10.0 Å². The molecule has 1 saturated carbocycles. The van der Waals surface area contributed by atoms with Crippen LogP contribution in [0.1, 0.15) is 44.6 Å². The Morgan fingerprint density at radius 3 is 2.69 bits per heavy atom. The fourth-order valence-electron chi connectivity index (χ4n) is 3.75. The topological polar surface area (TPSA) is 95.6 Å². The van der Waals surface area contributed by atoms with Crippen molar-refractivity contribution in [1.82, 2.24) is 9.62 Å². The third-order valence-electron chi connectivity index (χ3n) is 5.08. The van der Waals surface area contributed by atoms with Crippen molar-refractivity contribution in [1.29, 1.82) is 0 Å². The normalized spacial score (nSPS) is 17.7. The second-order valence-corrected chi connectivity index (χ2v) is 8.71. The number of anilines is 1. The molecule has 8 heteroatoms. The lowest BCUT2D eigenvalue weighted by Crippen LogP contribution is -2.44. The summed E-state index contributed by atoms with van der Waals surface area (Å²) in [6.45, 7) is 2.07. The number of carbonyl (C=O) groups is 2. The zero-order chi connectivity index (χ0) is 18.7. The lowest BCUT2D eigenvalue weighted by molar-refractivity contribution is -0.131. The molecule has 0 bridgehead atoms. The zero-order valence-corrected chi connectivity index (χ0v) is 15.8. The minimum atomic E-state index is -3.68. The third kappa shape index (κ3) is 4.24. The summed E-state index contributed by atoms with van der Waals surface area (Å²) >= 11 is 0. The van der Waals surface area contributed by atoms with Crippen LogP contribution in [0.4, 0.5) is 5.69 Å². The van der Waals surface area contributed by atoms with E-state index in [0.29, 0.717) is 17.8 Å². The Labute approximate surface area is 154 Å². The minimum absolute atomic E-state index is 0.0155. The molecular weight excluding hydrogens is 354 g/mol. The summed E-state index contributed by atoms with van der Waals surface area (Å²) < 4.78 is 27.6. The van der Waals surface area contributed by atoms with Crippen molar-refractivity contribution in [3.63, 3.8) is 0 Å². The fraction of sp³-hybridized carbons (Fsp3) is 0.556. The number of hydrogen-bond donors (Lipinski definition) is 2. The van der Waals surface area contributed by atoms with Crippen LogP contribution in [0.25, 0.3) is 0 Å². The van der Waals surface area contributed by atoms with Gasteiger partial charge in [-0.15, -0.1) is 0 Å². The Morgan fingerprint density at radius 2 is 2.00 bits per heavy atom. The molecule has 7 nitrogen and oxygen atoms in total. The van der Waals surface area contributed by atoms with Gasteiger partial charge < -0.3 is 10.2 Å². The summed E-state index contributed by atoms with van der Waals surface area (Å²) in [5.74, 6) is -0.148. The maximum Gasteiger partial charge on any atom is 0.240 e. The SMILES string of the molecule is CC(=O)N(CCNS(=O)(=O)c1ccc2c(c1)CC(=O)N2)C1CCCCC1. The average Bonchev–Trinajstić information content (AvgIpc) is 2.98. The van der Waals surface area contributed by atoms with E-state index in [2.05, 4.69) is 10.0 Å². The first-order chi connectivity index (χ1) is 12.4. The molecule has 26 heavy (non-hydrogen) atoms. The smallest absolute Gasteiger partial charge is 0.240 e. The third-order valence-corrected chi connectivity index (χ3v) is 6.54. The second kappa shape index (κ2) is 7.75. The number of nitrogens with zero attached hydrogens (tertiary/aromatic N) is 1. The zero-order valence-electron chi connectivity index (χ0n) is 15.0. The summed E-state index contributed by atoms with van der Waals surface area (Å²) in [5.41, 5.74) is 1.35. The lowest BCUT2D eigenvalue weighted by atomic mass is 9.94. The van der Waals surface area contributed by atoms with E-state index in [1.54, 1.807) is 11.0 Å². The molecule has 1 aromatic rings. The highest BCUT2D eigenvalue weighted by Crippen LogP contribution is 2.26. The molecule has 1 heterocycles. The van der Waals surface area contributed by atoms with Crippen molar-refractivity contribution in [3.8, 4) is 0 Å². The van der Waals surface area contributed by atoms with Crippen molar-refractivity contribution in [2.45, 2.75) is 56.4 Å². The molecular formula is C18H25N3O4S. The van der Waals surface area contributed by atoms with E-state index in [1.165, 1.54) is 25.5 Å². The van der Waals surface area contributed by atoms with Crippen LogP contribution in [0.3, 0.4) is 0 Å². The molecule has 2 aliphatic rings. The Bertz CT molecular complexity index is 801. The molecule has 0 radical (unpaired) electrons. The Balaban J connectivity index is 1.62. The summed E-state index contributed by atoms with van der Waals surface area (Å²) in [7, 11) is -3.68. The van der Waals surface area contributed by atoms with E-state index in [-0.39, 0.29) is 35.7 Å². The lowest BCUT2D eigenvalue weighted by Gasteiger charge is -2.33. The van der Waals surface area contributed by atoms with Crippen LogP contribution in [0.2, 0.25) is 0 Å². The monoisotopic (exact) mass is 379 g/mol. The molecule has 0 unspecified atom stereocenters. The predicted molar refractivity (Wildman–Crippen MR) is 98.2 cm³/mol. The molecule has 0 spiro atoms. The molecule has 0 atom stereocenters. The first-order valence-electron chi connectivity index (χ1n) is 9.06.